The van der Waals surface area contributed by atoms with Gasteiger partial charge in [-0.25, -0.2) is 0 Å². The summed E-state index contributed by atoms with van der Waals surface area (Å²) in [5, 5.41) is 0. The van der Waals surface area contributed by atoms with Gasteiger partial charge in [-0.15, -0.1) is 0 Å². The molecule has 64 valence electrons. The largest absolute Gasteiger partial charge is 0.572 e. The Kier molecular flexibility index (Phi) is 1.71. The number of fused-ring (bicyclic) bond motifs is 3. The third kappa shape index (κ3) is 1.19. The van der Waals surface area contributed by atoms with Crippen LogP contribution in [0.25, 0.3) is 0 Å². The van der Waals surface area contributed by atoms with E-state index < -0.39 is 8.17 Å². The van der Waals surface area contributed by atoms with E-state index in [4.69, 9.17) is 13.6 Å². The van der Waals surface area contributed by atoms with Crippen molar-refractivity contribution in [2.45, 2.75) is 13.3 Å². The lowest BCUT2D eigenvalue weighted by atomic mass is 9.88. The molecule has 3 heterocycles. The summed E-state index contributed by atoms with van der Waals surface area (Å²) in [6.45, 7) is 3.81. The predicted octanol–water partition coefficient (Wildman–Crippen LogP) is 1.13. The SMILES string of the molecule is CCC12CO[P+](O)(OC1)OC2. The highest BCUT2D eigenvalue weighted by atomic mass is 31.2. The van der Waals surface area contributed by atoms with Crippen molar-refractivity contribution in [3.63, 3.8) is 0 Å². The zero-order chi connectivity index (χ0) is 7.95. The van der Waals surface area contributed by atoms with Crippen LogP contribution in [0.2, 0.25) is 0 Å². The van der Waals surface area contributed by atoms with Crippen molar-refractivity contribution in [3.8, 4) is 0 Å². The third-order valence-electron chi connectivity index (χ3n) is 2.35. The summed E-state index contributed by atoms with van der Waals surface area (Å²) < 4.78 is 15.2. The van der Waals surface area contributed by atoms with Gasteiger partial charge in [-0.3, -0.25) is 0 Å². The molecule has 2 bridgehead atoms. The Hall–Kier alpha value is 0.270. The summed E-state index contributed by atoms with van der Waals surface area (Å²) >= 11 is 0. The molecule has 1 N–H and O–H groups in total. The van der Waals surface area contributed by atoms with Gasteiger partial charge in [-0.2, -0.15) is 18.5 Å². The van der Waals surface area contributed by atoms with Crippen LogP contribution in [0.15, 0.2) is 0 Å². The van der Waals surface area contributed by atoms with Gasteiger partial charge in [0, 0.05) is 0 Å². The molecule has 11 heavy (non-hydrogen) atoms. The van der Waals surface area contributed by atoms with Crippen LogP contribution in [-0.4, -0.2) is 24.7 Å². The van der Waals surface area contributed by atoms with Crippen LogP contribution < -0.4 is 0 Å². The van der Waals surface area contributed by atoms with Crippen LogP contribution in [0.4, 0.5) is 0 Å². The minimum Gasteiger partial charge on any atom is -0.168 e. The average molecular weight is 179 g/mol. The van der Waals surface area contributed by atoms with Crippen LogP contribution in [0.5, 0.6) is 0 Å². The summed E-state index contributed by atoms with van der Waals surface area (Å²) in [5.74, 6) is 0. The van der Waals surface area contributed by atoms with Crippen molar-refractivity contribution < 1.29 is 18.5 Å². The monoisotopic (exact) mass is 179 g/mol. The third-order valence-corrected chi connectivity index (χ3v) is 3.72. The Bertz CT molecular complexity index is 147. The Morgan fingerprint density at radius 1 is 1.27 bits per heavy atom. The van der Waals surface area contributed by atoms with E-state index in [0.29, 0.717) is 19.8 Å². The normalized spacial score (nSPS) is 49.6. The second-order valence-corrected chi connectivity index (χ2v) is 4.85. The number of hydrogen-bond acceptors (Lipinski definition) is 4. The van der Waals surface area contributed by atoms with Gasteiger partial charge in [0.25, 0.3) is 0 Å². The summed E-state index contributed by atoms with van der Waals surface area (Å²) in [6.07, 6.45) is 0.965. The van der Waals surface area contributed by atoms with E-state index in [2.05, 4.69) is 6.92 Å². The molecule has 0 saturated carbocycles. The minimum absolute atomic E-state index is 0.00444. The molecule has 0 aromatic rings. The van der Waals surface area contributed by atoms with Gasteiger partial charge in [0.05, 0.1) is 5.41 Å². The molecule has 3 aliphatic rings. The first-order valence-electron chi connectivity index (χ1n) is 3.74. The molecule has 3 aliphatic heterocycles. The molecule has 0 unspecified atom stereocenters. The molecule has 3 saturated heterocycles. The molecular weight excluding hydrogens is 167 g/mol. The maximum absolute atomic E-state index is 9.37. The Balaban J connectivity index is 2.12. The lowest BCUT2D eigenvalue weighted by Crippen LogP contribution is -2.45. The van der Waals surface area contributed by atoms with Gasteiger partial charge in [-0.05, 0) is 6.42 Å². The molecule has 3 rings (SSSR count). The first kappa shape index (κ1) is 7.90. The van der Waals surface area contributed by atoms with Gasteiger partial charge in [0.2, 0.25) is 0 Å². The fourth-order valence-corrected chi connectivity index (χ4v) is 2.73. The van der Waals surface area contributed by atoms with Crippen molar-refractivity contribution in [2.75, 3.05) is 19.8 Å². The fourth-order valence-electron chi connectivity index (χ4n) is 1.20. The summed E-state index contributed by atoms with van der Waals surface area (Å²) in [7, 11) is -2.83. The molecule has 0 amide bonds. The lowest BCUT2D eigenvalue weighted by Gasteiger charge is -2.39. The van der Waals surface area contributed by atoms with E-state index in [1.165, 1.54) is 0 Å². The first-order chi connectivity index (χ1) is 5.18. The van der Waals surface area contributed by atoms with Crippen molar-refractivity contribution in [2.24, 2.45) is 5.41 Å². The van der Waals surface area contributed by atoms with E-state index in [1.807, 2.05) is 0 Å². The fraction of sp³-hybridized carbons (Fsp3) is 1.00. The molecule has 0 aliphatic carbocycles. The van der Waals surface area contributed by atoms with Gasteiger partial charge in [-0.1, -0.05) is 6.92 Å². The second-order valence-electron chi connectivity index (χ2n) is 3.14. The molecule has 0 spiro atoms. The second kappa shape index (κ2) is 2.38. The smallest absolute Gasteiger partial charge is 0.168 e. The van der Waals surface area contributed by atoms with E-state index in [0.717, 1.165) is 6.42 Å². The molecule has 0 radical (unpaired) electrons. The van der Waals surface area contributed by atoms with E-state index in [-0.39, 0.29) is 5.41 Å². The van der Waals surface area contributed by atoms with Crippen LogP contribution in [0.1, 0.15) is 13.3 Å². The quantitative estimate of drug-likeness (QED) is 0.613. The Morgan fingerprint density at radius 2 is 1.73 bits per heavy atom. The highest BCUT2D eigenvalue weighted by Gasteiger charge is 2.60. The maximum Gasteiger partial charge on any atom is 0.572 e. The topological polar surface area (TPSA) is 47.9 Å². The Morgan fingerprint density at radius 3 is 2.09 bits per heavy atom. The molecule has 0 aromatic carbocycles. The van der Waals surface area contributed by atoms with Gasteiger partial charge < -0.3 is 0 Å². The highest BCUT2D eigenvalue weighted by molar-refractivity contribution is 7.55. The molecule has 0 atom stereocenters. The van der Waals surface area contributed by atoms with Crippen LogP contribution in [-0.2, 0) is 13.6 Å². The van der Waals surface area contributed by atoms with Crippen molar-refractivity contribution in [1.82, 2.24) is 0 Å². The average Bonchev–Trinajstić information content (AvgIpc) is 2.07. The molecule has 4 nitrogen and oxygen atoms in total. The van der Waals surface area contributed by atoms with Gasteiger partial charge >= 0.3 is 8.17 Å². The molecule has 5 heteroatoms. The highest BCUT2D eigenvalue weighted by Crippen LogP contribution is 2.66. The lowest BCUT2D eigenvalue weighted by molar-refractivity contribution is -0.112. The predicted molar refractivity (Wildman–Crippen MR) is 39.7 cm³/mol. The molecular formula is C6H12O4P+. The molecule has 3 fully saturated rings. The van der Waals surface area contributed by atoms with Crippen molar-refractivity contribution >= 4 is 8.17 Å². The zero-order valence-corrected chi connectivity index (χ0v) is 7.34. The van der Waals surface area contributed by atoms with Crippen molar-refractivity contribution in [3.05, 3.63) is 0 Å². The summed E-state index contributed by atoms with van der Waals surface area (Å²) in [4.78, 5) is 9.37. The van der Waals surface area contributed by atoms with Crippen LogP contribution in [0, 0.1) is 5.41 Å². The number of hydrogen-bond donors (Lipinski definition) is 1. The number of rotatable bonds is 1. The van der Waals surface area contributed by atoms with Crippen molar-refractivity contribution in [1.29, 1.82) is 0 Å². The van der Waals surface area contributed by atoms with E-state index in [1.54, 1.807) is 0 Å². The standard InChI is InChI=1S/C6H12O4P/c1-2-6-3-8-11(7,9-4-6)10-5-6/h7H,2-5H2,1H3/q+1. The maximum atomic E-state index is 9.37. The van der Waals surface area contributed by atoms with Crippen LogP contribution in [0.3, 0.4) is 0 Å². The minimum atomic E-state index is -2.83. The van der Waals surface area contributed by atoms with Gasteiger partial charge in [0.1, 0.15) is 19.8 Å². The van der Waals surface area contributed by atoms with E-state index >= 15 is 0 Å². The zero-order valence-electron chi connectivity index (χ0n) is 6.45. The Labute approximate surface area is 66.1 Å². The van der Waals surface area contributed by atoms with Crippen LogP contribution >= 0.6 is 8.17 Å². The van der Waals surface area contributed by atoms with E-state index in [9.17, 15) is 4.89 Å². The first-order valence-corrected chi connectivity index (χ1v) is 5.23. The summed E-state index contributed by atoms with van der Waals surface area (Å²) in [5.41, 5.74) is 0.00444. The molecule has 0 aromatic heterocycles. The van der Waals surface area contributed by atoms with Gasteiger partial charge in [0.15, 0.2) is 0 Å². The summed E-state index contributed by atoms with van der Waals surface area (Å²) in [6, 6.07) is 0.